The lowest BCUT2D eigenvalue weighted by Gasteiger charge is -2.19. The Bertz CT molecular complexity index is 1720. The molecule has 2 N–H and O–H groups in total. The molecule has 0 saturated heterocycles. The molecule has 0 aliphatic carbocycles. The summed E-state index contributed by atoms with van der Waals surface area (Å²) in [5.74, 6) is 0.0551. The normalized spacial score (nSPS) is 12.8. The lowest BCUT2D eigenvalue weighted by Crippen LogP contribution is -2.32. The summed E-state index contributed by atoms with van der Waals surface area (Å²) < 4.78 is 16.0. The lowest BCUT2D eigenvalue weighted by molar-refractivity contribution is -0.120. The summed E-state index contributed by atoms with van der Waals surface area (Å²) in [5.41, 5.74) is 2.97. The van der Waals surface area contributed by atoms with Crippen molar-refractivity contribution in [1.82, 2.24) is 0 Å². The smallest absolute Gasteiger partial charge is 0.283 e. The molecule has 1 aliphatic rings. The number of ether oxygens (including phenoxy) is 3. The first-order chi connectivity index (χ1) is 20.8. The van der Waals surface area contributed by atoms with E-state index in [-0.39, 0.29) is 16.5 Å². The number of methoxy groups -OCH3 is 3. The fourth-order valence-corrected chi connectivity index (χ4v) is 5.41. The molecule has 1 heterocycles. The number of aryl methyl sites for hydroxylation is 1. The van der Waals surface area contributed by atoms with E-state index in [1.54, 1.807) is 54.6 Å². The standard InChI is InChI=1S/C33H29N3O6S/c1-20-10-17-27(41-3)26(18-20)36-32(38)29(34-21-8-6-5-7-9-21)30(33(36)39)43-24-14-11-22(12-15-24)35-31(37)25-16-13-23(40-2)19-28(25)42-4/h5-19,34H,1-4H3,(H,35,37). The third kappa shape index (κ3) is 6.19. The van der Waals surface area contributed by atoms with Crippen molar-refractivity contribution in [1.29, 1.82) is 0 Å². The number of thioether (sulfide) groups is 1. The van der Waals surface area contributed by atoms with E-state index in [9.17, 15) is 14.4 Å². The van der Waals surface area contributed by atoms with Crippen LogP contribution in [0.15, 0.2) is 106 Å². The van der Waals surface area contributed by atoms with Crippen LogP contribution in [0.3, 0.4) is 0 Å². The Morgan fingerprint density at radius 1 is 0.744 bits per heavy atom. The third-order valence-corrected chi connectivity index (χ3v) is 7.74. The molecule has 0 aromatic heterocycles. The van der Waals surface area contributed by atoms with E-state index < -0.39 is 11.8 Å². The Labute approximate surface area is 253 Å². The molecule has 4 aromatic rings. The summed E-state index contributed by atoms with van der Waals surface area (Å²) in [6.07, 6.45) is 0. The third-order valence-electron chi connectivity index (χ3n) is 6.65. The van der Waals surface area contributed by atoms with E-state index in [0.717, 1.165) is 22.2 Å². The first-order valence-corrected chi connectivity index (χ1v) is 14.1. The zero-order chi connectivity index (χ0) is 30.5. The van der Waals surface area contributed by atoms with Crippen LogP contribution >= 0.6 is 11.8 Å². The number of hydrogen-bond acceptors (Lipinski definition) is 8. The highest BCUT2D eigenvalue weighted by Crippen LogP contribution is 2.41. The van der Waals surface area contributed by atoms with Crippen LogP contribution in [0.5, 0.6) is 17.2 Å². The highest BCUT2D eigenvalue weighted by Gasteiger charge is 2.41. The summed E-state index contributed by atoms with van der Waals surface area (Å²) >= 11 is 1.16. The Kier molecular flexibility index (Phi) is 8.68. The van der Waals surface area contributed by atoms with E-state index >= 15 is 0 Å². The quantitative estimate of drug-likeness (QED) is 0.207. The molecule has 1 aliphatic heterocycles. The van der Waals surface area contributed by atoms with Gasteiger partial charge >= 0.3 is 0 Å². The van der Waals surface area contributed by atoms with Gasteiger partial charge in [0, 0.05) is 22.3 Å². The van der Waals surface area contributed by atoms with Crippen LogP contribution in [-0.2, 0) is 9.59 Å². The minimum atomic E-state index is -0.488. The van der Waals surface area contributed by atoms with Gasteiger partial charge in [0.1, 0.15) is 27.9 Å². The number of imide groups is 1. The largest absolute Gasteiger partial charge is 0.497 e. The average Bonchev–Trinajstić information content (AvgIpc) is 3.25. The first kappa shape index (κ1) is 29.3. The predicted molar refractivity (Wildman–Crippen MR) is 167 cm³/mol. The zero-order valence-electron chi connectivity index (χ0n) is 24.0. The van der Waals surface area contributed by atoms with Crippen molar-refractivity contribution in [2.75, 3.05) is 36.9 Å². The van der Waals surface area contributed by atoms with Gasteiger partial charge < -0.3 is 24.8 Å². The van der Waals surface area contributed by atoms with Gasteiger partial charge in [-0.05, 0) is 73.2 Å². The molecule has 9 nitrogen and oxygen atoms in total. The number of benzene rings is 4. The van der Waals surface area contributed by atoms with E-state index in [1.807, 2.05) is 43.3 Å². The molecule has 0 unspecified atom stereocenters. The summed E-state index contributed by atoms with van der Waals surface area (Å²) in [6.45, 7) is 1.88. The van der Waals surface area contributed by atoms with Gasteiger partial charge in [0.2, 0.25) is 0 Å². The fraction of sp³-hybridized carbons (Fsp3) is 0.121. The van der Waals surface area contributed by atoms with Gasteiger partial charge in [0.15, 0.2) is 0 Å². The van der Waals surface area contributed by atoms with Crippen LogP contribution in [0, 0.1) is 6.92 Å². The van der Waals surface area contributed by atoms with Crippen LogP contribution in [0.4, 0.5) is 17.1 Å². The van der Waals surface area contributed by atoms with Crippen LogP contribution < -0.4 is 29.7 Å². The van der Waals surface area contributed by atoms with E-state index in [1.165, 1.54) is 21.3 Å². The summed E-state index contributed by atoms with van der Waals surface area (Å²) in [4.78, 5) is 42.6. The number of carbonyl (C=O) groups excluding carboxylic acids is 3. The first-order valence-electron chi connectivity index (χ1n) is 13.2. The molecule has 0 saturated carbocycles. The van der Waals surface area contributed by atoms with Crippen LogP contribution in [0.25, 0.3) is 0 Å². The van der Waals surface area contributed by atoms with Gasteiger partial charge in [-0.1, -0.05) is 36.0 Å². The van der Waals surface area contributed by atoms with Gasteiger partial charge in [-0.25, -0.2) is 4.90 Å². The lowest BCUT2D eigenvalue weighted by atomic mass is 10.1. The number of amides is 3. The number of hydrogen-bond donors (Lipinski definition) is 2. The van der Waals surface area contributed by atoms with Gasteiger partial charge in [-0.15, -0.1) is 0 Å². The average molecular weight is 596 g/mol. The van der Waals surface area contributed by atoms with Crippen molar-refractivity contribution in [3.05, 3.63) is 113 Å². The Morgan fingerprint density at radius 3 is 2.14 bits per heavy atom. The molecule has 10 heteroatoms. The van der Waals surface area contributed by atoms with E-state index in [2.05, 4.69) is 10.6 Å². The minimum Gasteiger partial charge on any atom is -0.497 e. The monoisotopic (exact) mass is 595 g/mol. The van der Waals surface area contributed by atoms with Gasteiger partial charge in [-0.3, -0.25) is 14.4 Å². The van der Waals surface area contributed by atoms with Gasteiger partial charge in [0.05, 0.1) is 32.6 Å². The molecular weight excluding hydrogens is 566 g/mol. The molecule has 4 aromatic carbocycles. The van der Waals surface area contributed by atoms with Crippen LogP contribution in [0.1, 0.15) is 15.9 Å². The fourth-order valence-electron chi connectivity index (χ4n) is 4.48. The minimum absolute atomic E-state index is 0.161. The topological polar surface area (TPSA) is 106 Å². The number of nitrogens with one attached hydrogen (secondary N) is 2. The van der Waals surface area contributed by atoms with Crippen LogP contribution in [-0.4, -0.2) is 39.1 Å². The Hall–Kier alpha value is -5.22. The molecule has 43 heavy (non-hydrogen) atoms. The molecule has 0 radical (unpaired) electrons. The zero-order valence-corrected chi connectivity index (χ0v) is 24.8. The number of rotatable bonds is 10. The highest BCUT2D eigenvalue weighted by molar-refractivity contribution is 8.04. The second kappa shape index (κ2) is 12.7. The van der Waals surface area contributed by atoms with E-state index in [0.29, 0.717) is 44.8 Å². The maximum atomic E-state index is 13.8. The molecule has 3 amide bonds. The molecule has 0 fully saturated rings. The molecular formula is C33H29N3O6S. The number of para-hydroxylation sites is 1. The second-order valence-corrected chi connectivity index (χ2v) is 10.5. The summed E-state index contributed by atoms with van der Waals surface area (Å²) in [5, 5.41) is 6.00. The van der Waals surface area contributed by atoms with Crippen molar-refractivity contribution in [2.45, 2.75) is 11.8 Å². The maximum absolute atomic E-state index is 13.8. The maximum Gasteiger partial charge on any atom is 0.283 e. The molecule has 0 atom stereocenters. The highest BCUT2D eigenvalue weighted by atomic mass is 32.2. The SMILES string of the molecule is COc1ccc(C(=O)Nc2ccc(SC3=C(Nc4ccccc4)C(=O)N(c4cc(C)ccc4OC)C3=O)cc2)c(OC)c1. The van der Waals surface area contributed by atoms with E-state index in [4.69, 9.17) is 14.2 Å². The summed E-state index contributed by atoms with van der Waals surface area (Å²) in [6, 6.07) is 26.5. The van der Waals surface area contributed by atoms with Gasteiger partial charge in [-0.2, -0.15) is 0 Å². The number of carbonyl (C=O) groups is 3. The van der Waals surface area contributed by atoms with Crippen LogP contribution in [0.2, 0.25) is 0 Å². The van der Waals surface area contributed by atoms with Crippen molar-refractivity contribution in [2.24, 2.45) is 0 Å². The Balaban J connectivity index is 1.41. The van der Waals surface area contributed by atoms with Gasteiger partial charge in [0.25, 0.3) is 17.7 Å². The molecule has 5 rings (SSSR count). The van der Waals surface area contributed by atoms with Crippen molar-refractivity contribution >= 4 is 46.5 Å². The van der Waals surface area contributed by atoms with Crippen molar-refractivity contribution in [3.8, 4) is 17.2 Å². The Morgan fingerprint density at radius 2 is 1.47 bits per heavy atom. The number of anilines is 3. The number of nitrogens with zero attached hydrogens (tertiary/aromatic N) is 1. The van der Waals surface area contributed by atoms with Crippen molar-refractivity contribution in [3.63, 3.8) is 0 Å². The molecule has 218 valence electrons. The predicted octanol–water partition coefficient (Wildman–Crippen LogP) is 6.26. The van der Waals surface area contributed by atoms with Crippen molar-refractivity contribution < 1.29 is 28.6 Å². The second-order valence-electron chi connectivity index (χ2n) is 9.46. The molecule has 0 bridgehead atoms. The summed E-state index contributed by atoms with van der Waals surface area (Å²) in [7, 11) is 4.52. The molecule has 0 spiro atoms.